The summed E-state index contributed by atoms with van der Waals surface area (Å²) in [6.45, 7) is -0.207. The van der Waals surface area contributed by atoms with Crippen molar-refractivity contribution in [2.45, 2.75) is 12.3 Å². The number of fused-ring (bicyclic) bond motifs is 1. The predicted octanol–water partition coefficient (Wildman–Crippen LogP) is -0.873. The van der Waals surface area contributed by atoms with Crippen molar-refractivity contribution < 1.29 is 14.4 Å². The van der Waals surface area contributed by atoms with E-state index in [0.717, 1.165) is 5.56 Å². The Balaban J connectivity index is 1.54. The lowest BCUT2D eigenvalue weighted by molar-refractivity contribution is -0.121. The molecular weight excluding hydrogens is 288 g/mol. The third-order valence-corrected chi connectivity index (χ3v) is 3.27. The highest BCUT2D eigenvalue weighted by Gasteiger charge is 2.45. The van der Waals surface area contributed by atoms with Crippen molar-refractivity contribution in [1.82, 2.24) is 26.3 Å². The van der Waals surface area contributed by atoms with Crippen molar-refractivity contribution in [1.29, 1.82) is 0 Å². The van der Waals surface area contributed by atoms with E-state index in [1.54, 1.807) is 0 Å². The fourth-order valence-electron chi connectivity index (χ4n) is 2.27. The summed E-state index contributed by atoms with van der Waals surface area (Å²) in [5.74, 6) is -0.455. The zero-order valence-electron chi connectivity index (χ0n) is 11.4. The Labute approximate surface area is 125 Å². The molecule has 3 rings (SSSR count). The topological polar surface area (TPSA) is 115 Å². The van der Waals surface area contributed by atoms with E-state index in [1.807, 2.05) is 30.3 Å². The Kier molecular flexibility index (Phi) is 3.60. The molecular formula is C13H14N6O3. The highest BCUT2D eigenvalue weighted by atomic mass is 16.2. The Hall–Kier alpha value is -3.10. The van der Waals surface area contributed by atoms with Gasteiger partial charge >= 0.3 is 12.1 Å². The molecule has 5 amide bonds. The summed E-state index contributed by atoms with van der Waals surface area (Å²) < 4.78 is 0. The van der Waals surface area contributed by atoms with Gasteiger partial charge in [-0.05, 0) is 5.56 Å². The van der Waals surface area contributed by atoms with Gasteiger partial charge in [-0.25, -0.2) is 15.0 Å². The maximum absolute atomic E-state index is 11.8. The molecule has 2 saturated heterocycles. The zero-order valence-corrected chi connectivity index (χ0v) is 11.4. The molecule has 22 heavy (non-hydrogen) atoms. The first-order valence-corrected chi connectivity index (χ1v) is 6.64. The lowest BCUT2D eigenvalue weighted by atomic mass is 10.2. The van der Waals surface area contributed by atoms with Crippen LogP contribution in [0.3, 0.4) is 0 Å². The summed E-state index contributed by atoms with van der Waals surface area (Å²) in [5, 5.41) is 11.5. The summed E-state index contributed by atoms with van der Waals surface area (Å²) >= 11 is 0. The Morgan fingerprint density at radius 1 is 1.23 bits per heavy atom. The maximum Gasteiger partial charge on any atom is 0.321 e. The van der Waals surface area contributed by atoms with Gasteiger partial charge in [0.25, 0.3) is 5.91 Å². The molecule has 2 atom stereocenters. The molecule has 0 aliphatic carbocycles. The maximum atomic E-state index is 11.8. The molecule has 0 spiro atoms. The van der Waals surface area contributed by atoms with E-state index < -0.39 is 24.3 Å². The van der Waals surface area contributed by atoms with Gasteiger partial charge in [0.05, 0.1) is 6.21 Å². The Morgan fingerprint density at radius 2 is 2.00 bits per heavy atom. The van der Waals surface area contributed by atoms with Crippen LogP contribution in [0.15, 0.2) is 35.4 Å². The van der Waals surface area contributed by atoms with Crippen molar-refractivity contribution in [3.05, 3.63) is 35.9 Å². The Bertz CT molecular complexity index is 632. The highest BCUT2D eigenvalue weighted by Crippen LogP contribution is 2.13. The van der Waals surface area contributed by atoms with Crippen molar-refractivity contribution in [2.75, 3.05) is 6.54 Å². The van der Waals surface area contributed by atoms with Gasteiger partial charge in [-0.1, -0.05) is 30.3 Å². The van der Waals surface area contributed by atoms with Crippen molar-refractivity contribution >= 4 is 24.2 Å². The number of hydrogen-bond donors (Lipinski definition) is 4. The molecule has 2 aliphatic rings. The van der Waals surface area contributed by atoms with Crippen LogP contribution < -0.4 is 21.4 Å². The first-order valence-electron chi connectivity index (χ1n) is 6.64. The minimum atomic E-state index is -0.580. The van der Waals surface area contributed by atoms with E-state index in [2.05, 4.69) is 26.5 Å². The number of urea groups is 2. The van der Waals surface area contributed by atoms with Gasteiger partial charge in [-0.2, -0.15) is 5.10 Å². The van der Waals surface area contributed by atoms with Crippen LogP contribution in [-0.2, 0) is 4.79 Å². The average Bonchev–Trinajstić information content (AvgIpc) is 2.98. The fourth-order valence-corrected chi connectivity index (χ4v) is 2.27. The van der Waals surface area contributed by atoms with Crippen LogP contribution in [0.4, 0.5) is 9.59 Å². The van der Waals surface area contributed by atoms with Crippen LogP contribution >= 0.6 is 0 Å². The first-order chi connectivity index (χ1) is 10.6. The van der Waals surface area contributed by atoms with E-state index in [4.69, 9.17) is 0 Å². The van der Waals surface area contributed by atoms with Crippen molar-refractivity contribution in [2.24, 2.45) is 5.10 Å². The molecule has 2 heterocycles. The lowest BCUT2D eigenvalue weighted by Gasteiger charge is -2.19. The summed E-state index contributed by atoms with van der Waals surface area (Å²) in [6, 6.07) is 8.46. The quantitative estimate of drug-likeness (QED) is 0.428. The second-order valence-corrected chi connectivity index (χ2v) is 4.82. The molecule has 114 valence electrons. The van der Waals surface area contributed by atoms with Gasteiger partial charge in [-0.3, -0.25) is 9.69 Å². The molecule has 9 heteroatoms. The third-order valence-electron chi connectivity index (χ3n) is 3.27. The highest BCUT2D eigenvalue weighted by molar-refractivity contribution is 5.89. The first kappa shape index (κ1) is 13.9. The minimum absolute atomic E-state index is 0.207. The number of hydrazone groups is 1. The van der Waals surface area contributed by atoms with Gasteiger partial charge in [0.2, 0.25) is 0 Å². The van der Waals surface area contributed by atoms with Gasteiger partial charge in [0.15, 0.2) is 0 Å². The minimum Gasteiger partial charge on any atom is -0.314 e. The van der Waals surface area contributed by atoms with Gasteiger partial charge in [0, 0.05) is 0 Å². The third kappa shape index (κ3) is 2.82. The lowest BCUT2D eigenvalue weighted by Crippen LogP contribution is -2.47. The van der Waals surface area contributed by atoms with E-state index >= 15 is 0 Å². The fraction of sp³-hybridized carbons (Fsp3) is 0.231. The molecule has 2 unspecified atom stereocenters. The number of carbonyl (C=O) groups excluding carboxylic acids is 3. The number of amides is 5. The SMILES string of the molecule is O=C(CN1C(=O)NC2NC(=O)NC21)N/N=C/c1ccccc1. The number of nitrogens with one attached hydrogen (secondary N) is 4. The number of rotatable bonds is 4. The second kappa shape index (κ2) is 5.72. The summed E-state index contributed by atoms with van der Waals surface area (Å²) in [5.41, 5.74) is 3.19. The summed E-state index contributed by atoms with van der Waals surface area (Å²) in [4.78, 5) is 36.0. The number of hydrogen-bond acceptors (Lipinski definition) is 4. The van der Waals surface area contributed by atoms with Crippen LogP contribution in [-0.4, -0.2) is 48.0 Å². The molecule has 1 aromatic carbocycles. The Morgan fingerprint density at radius 3 is 2.77 bits per heavy atom. The molecule has 2 fully saturated rings. The molecule has 0 saturated carbocycles. The summed E-state index contributed by atoms with van der Waals surface area (Å²) in [7, 11) is 0. The van der Waals surface area contributed by atoms with E-state index in [-0.39, 0.29) is 12.6 Å². The smallest absolute Gasteiger partial charge is 0.314 e. The van der Waals surface area contributed by atoms with Crippen molar-refractivity contribution in [3.8, 4) is 0 Å². The normalized spacial score (nSPS) is 23.0. The van der Waals surface area contributed by atoms with Crippen LogP contribution in [0.25, 0.3) is 0 Å². The molecule has 2 aliphatic heterocycles. The molecule has 9 nitrogen and oxygen atoms in total. The van der Waals surface area contributed by atoms with Crippen LogP contribution in [0.1, 0.15) is 5.56 Å². The monoisotopic (exact) mass is 302 g/mol. The molecule has 0 bridgehead atoms. The predicted molar refractivity (Wildman–Crippen MR) is 76.7 cm³/mol. The molecule has 0 radical (unpaired) electrons. The van der Waals surface area contributed by atoms with E-state index in [1.165, 1.54) is 11.1 Å². The summed E-state index contributed by atoms with van der Waals surface area (Å²) in [6.07, 6.45) is 0.397. The van der Waals surface area contributed by atoms with E-state index in [9.17, 15) is 14.4 Å². The molecule has 1 aromatic rings. The average molecular weight is 302 g/mol. The van der Waals surface area contributed by atoms with Gasteiger partial charge < -0.3 is 16.0 Å². The van der Waals surface area contributed by atoms with Crippen LogP contribution in [0.2, 0.25) is 0 Å². The number of nitrogens with zero attached hydrogens (tertiary/aromatic N) is 2. The van der Waals surface area contributed by atoms with E-state index in [0.29, 0.717) is 0 Å². The van der Waals surface area contributed by atoms with Gasteiger partial charge in [0.1, 0.15) is 18.9 Å². The van der Waals surface area contributed by atoms with Crippen molar-refractivity contribution in [3.63, 3.8) is 0 Å². The van der Waals surface area contributed by atoms with Crippen LogP contribution in [0, 0.1) is 0 Å². The van der Waals surface area contributed by atoms with Crippen LogP contribution in [0.5, 0.6) is 0 Å². The standard InChI is InChI=1S/C13H14N6O3/c20-9(18-14-6-8-4-2-1-3-5-8)7-19-11-10(16-13(19)22)15-12(21)17-11/h1-6,10-11H,7H2,(H,16,22)(H,18,20)(H2,15,17,21)/b14-6+. The zero-order chi connectivity index (χ0) is 15.5. The second-order valence-electron chi connectivity index (χ2n) is 4.82. The number of benzene rings is 1. The number of carbonyl (C=O) groups is 3. The molecule has 4 N–H and O–H groups in total. The largest absolute Gasteiger partial charge is 0.321 e. The van der Waals surface area contributed by atoms with Gasteiger partial charge in [-0.15, -0.1) is 0 Å². The molecule has 0 aromatic heterocycles.